The maximum Gasteiger partial charge on any atom is 0.0721 e. The molecule has 0 aliphatic carbocycles. The number of anilines is 6. The molecule has 0 spiro atoms. The molecule has 3 nitrogen and oxygen atoms in total. The summed E-state index contributed by atoms with van der Waals surface area (Å²) < 4.78 is 2.29. The lowest BCUT2D eigenvalue weighted by Gasteiger charge is -2.29. The molecule has 0 aliphatic heterocycles. The van der Waals surface area contributed by atoms with Crippen molar-refractivity contribution in [3.8, 4) is 5.69 Å². The van der Waals surface area contributed by atoms with Gasteiger partial charge in [0.2, 0.25) is 0 Å². The largest absolute Gasteiger partial charge is 0.314 e. The van der Waals surface area contributed by atoms with Crippen molar-refractivity contribution in [3.63, 3.8) is 0 Å². The zero-order chi connectivity index (χ0) is 31.7. The van der Waals surface area contributed by atoms with Crippen LogP contribution in [0.2, 0.25) is 5.02 Å². The van der Waals surface area contributed by atoms with E-state index in [4.69, 9.17) is 11.6 Å². The molecule has 0 N–H and O–H groups in total. The van der Waals surface area contributed by atoms with Crippen molar-refractivity contribution in [2.45, 2.75) is 26.2 Å². The summed E-state index contributed by atoms with van der Waals surface area (Å²) in [6, 6.07) is 55.2. The Kier molecular flexibility index (Phi) is 7.86. The second-order valence-corrected chi connectivity index (χ2v) is 13.0. The Morgan fingerprint density at radius 1 is 0.500 bits per heavy atom. The molecule has 0 saturated heterocycles. The zero-order valence-electron chi connectivity index (χ0n) is 26.3. The molecular weight excluding hydrogens is 582 g/mol. The number of para-hydroxylation sites is 4. The van der Waals surface area contributed by atoms with Crippen molar-refractivity contribution in [1.82, 2.24) is 4.57 Å². The van der Waals surface area contributed by atoms with Crippen LogP contribution in [0, 0.1) is 0 Å². The van der Waals surface area contributed by atoms with Crippen molar-refractivity contribution >= 4 is 56.6 Å². The first-order valence-electron chi connectivity index (χ1n) is 15.6. The van der Waals surface area contributed by atoms with Gasteiger partial charge in [-0.25, -0.2) is 0 Å². The number of benzene rings is 6. The summed E-state index contributed by atoms with van der Waals surface area (Å²) >= 11 is 7.03. The summed E-state index contributed by atoms with van der Waals surface area (Å²) in [6.45, 7) is 6.80. The Bertz CT molecular complexity index is 2040. The van der Waals surface area contributed by atoms with E-state index < -0.39 is 0 Å². The lowest BCUT2D eigenvalue weighted by atomic mass is 9.86. The molecule has 0 unspecified atom stereocenters. The van der Waals surface area contributed by atoms with E-state index in [9.17, 15) is 0 Å². The van der Waals surface area contributed by atoms with Crippen LogP contribution in [0.15, 0.2) is 164 Å². The summed E-state index contributed by atoms with van der Waals surface area (Å²) in [5, 5.41) is 1.83. The van der Waals surface area contributed by atoms with Gasteiger partial charge in [-0.2, -0.15) is 0 Å². The standard InChI is InChI=1S/C42H36ClN3/c1-42(2,3)31-24-25-40-39(26-31)41(30-44(40)33-16-8-4-9-17-33)46(36-22-14-7-15-23-36)38-28-32(43)27-37(29-38)45(34-18-10-5-11-19-34)35-20-12-6-13-21-35/h4-30H,1-3H3. The van der Waals surface area contributed by atoms with Crippen molar-refractivity contribution in [2.75, 3.05) is 9.80 Å². The van der Waals surface area contributed by atoms with Crippen LogP contribution in [0.25, 0.3) is 16.6 Å². The summed E-state index contributed by atoms with van der Waals surface area (Å²) in [4.78, 5) is 4.58. The Labute approximate surface area is 276 Å². The minimum Gasteiger partial charge on any atom is -0.314 e. The molecule has 0 saturated carbocycles. The first kappa shape index (κ1) is 29.5. The van der Waals surface area contributed by atoms with Gasteiger partial charge in [0, 0.05) is 50.7 Å². The average molecular weight is 618 g/mol. The number of fused-ring (bicyclic) bond motifs is 1. The highest BCUT2D eigenvalue weighted by Crippen LogP contribution is 2.45. The number of hydrogen-bond acceptors (Lipinski definition) is 2. The van der Waals surface area contributed by atoms with E-state index >= 15 is 0 Å². The molecular formula is C42H36ClN3. The fourth-order valence-corrected chi connectivity index (χ4v) is 6.31. The Hall–Kier alpha value is -5.25. The van der Waals surface area contributed by atoms with Gasteiger partial charge >= 0.3 is 0 Å². The fourth-order valence-electron chi connectivity index (χ4n) is 6.08. The van der Waals surface area contributed by atoms with Gasteiger partial charge in [-0.05, 0) is 89.8 Å². The van der Waals surface area contributed by atoms with Crippen LogP contribution < -0.4 is 9.80 Å². The molecule has 0 bridgehead atoms. The Morgan fingerprint density at radius 3 is 1.50 bits per heavy atom. The molecule has 0 radical (unpaired) electrons. The monoisotopic (exact) mass is 617 g/mol. The van der Waals surface area contributed by atoms with Crippen LogP contribution >= 0.6 is 11.6 Å². The summed E-state index contributed by atoms with van der Waals surface area (Å²) in [6.07, 6.45) is 2.26. The van der Waals surface area contributed by atoms with Crippen LogP contribution in [-0.4, -0.2) is 4.57 Å². The molecule has 1 heterocycles. The van der Waals surface area contributed by atoms with Crippen LogP contribution in [0.5, 0.6) is 0 Å². The van der Waals surface area contributed by atoms with Crippen molar-refractivity contribution in [1.29, 1.82) is 0 Å². The highest BCUT2D eigenvalue weighted by Gasteiger charge is 2.24. The lowest BCUT2D eigenvalue weighted by molar-refractivity contribution is 0.591. The van der Waals surface area contributed by atoms with E-state index in [1.54, 1.807) is 0 Å². The normalized spacial score (nSPS) is 11.5. The minimum absolute atomic E-state index is 0.00697. The minimum atomic E-state index is -0.00697. The van der Waals surface area contributed by atoms with Gasteiger partial charge in [-0.15, -0.1) is 0 Å². The quantitative estimate of drug-likeness (QED) is 0.176. The molecule has 0 atom stereocenters. The van der Waals surface area contributed by atoms with Gasteiger partial charge in [0.1, 0.15) is 0 Å². The SMILES string of the molecule is CC(C)(C)c1ccc2c(c1)c(N(c1ccccc1)c1cc(Cl)cc(N(c3ccccc3)c3ccccc3)c1)cn2-c1ccccc1. The average Bonchev–Trinajstić information content (AvgIpc) is 3.45. The van der Waals surface area contributed by atoms with E-state index in [0.717, 1.165) is 45.3 Å². The topological polar surface area (TPSA) is 11.4 Å². The molecule has 0 aliphatic rings. The van der Waals surface area contributed by atoms with Gasteiger partial charge in [0.05, 0.1) is 11.2 Å². The summed E-state index contributed by atoms with van der Waals surface area (Å²) in [7, 11) is 0. The second kappa shape index (κ2) is 12.3. The van der Waals surface area contributed by atoms with Gasteiger partial charge in [0.15, 0.2) is 0 Å². The first-order chi connectivity index (χ1) is 22.4. The van der Waals surface area contributed by atoms with Gasteiger partial charge in [-0.3, -0.25) is 0 Å². The first-order valence-corrected chi connectivity index (χ1v) is 16.0. The van der Waals surface area contributed by atoms with Gasteiger partial charge < -0.3 is 14.4 Å². The molecule has 46 heavy (non-hydrogen) atoms. The third kappa shape index (κ3) is 5.78. The third-order valence-electron chi connectivity index (χ3n) is 8.35. The number of nitrogens with zero attached hydrogens (tertiary/aromatic N) is 3. The Balaban J connectivity index is 1.49. The molecule has 0 fully saturated rings. The highest BCUT2D eigenvalue weighted by atomic mass is 35.5. The van der Waals surface area contributed by atoms with Crippen LogP contribution in [-0.2, 0) is 5.41 Å². The number of aromatic nitrogens is 1. The predicted molar refractivity (Wildman–Crippen MR) is 196 cm³/mol. The third-order valence-corrected chi connectivity index (χ3v) is 8.57. The maximum atomic E-state index is 7.03. The lowest BCUT2D eigenvalue weighted by Crippen LogP contribution is -2.13. The number of halogens is 1. The molecule has 6 aromatic carbocycles. The second-order valence-electron chi connectivity index (χ2n) is 12.5. The van der Waals surface area contributed by atoms with E-state index in [2.05, 4.69) is 181 Å². The van der Waals surface area contributed by atoms with E-state index in [1.165, 1.54) is 10.9 Å². The molecule has 226 valence electrons. The molecule has 7 aromatic rings. The van der Waals surface area contributed by atoms with Crippen molar-refractivity contribution < 1.29 is 0 Å². The Morgan fingerprint density at radius 2 is 0.978 bits per heavy atom. The molecule has 1 aromatic heterocycles. The van der Waals surface area contributed by atoms with Gasteiger partial charge in [0.25, 0.3) is 0 Å². The predicted octanol–water partition coefficient (Wildman–Crippen LogP) is 12.5. The summed E-state index contributed by atoms with van der Waals surface area (Å²) in [5.41, 5.74) is 9.73. The van der Waals surface area contributed by atoms with E-state index in [-0.39, 0.29) is 5.41 Å². The maximum absolute atomic E-state index is 7.03. The fraction of sp³-hybridized carbons (Fsp3) is 0.0952. The molecule has 4 heteroatoms. The van der Waals surface area contributed by atoms with Gasteiger partial charge in [-0.1, -0.05) is 111 Å². The highest BCUT2D eigenvalue weighted by molar-refractivity contribution is 6.31. The van der Waals surface area contributed by atoms with Crippen LogP contribution in [0.3, 0.4) is 0 Å². The van der Waals surface area contributed by atoms with Crippen LogP contribution in [0.4, 0.5) is 34.1 Å². The van der Waals surface area contributed by atoms with Crippen molar-refractivity contribution in [2.24, 2.45) is 0 Å². The van der Waals surface area contributed by atoms with E-state index in [0.29, 0.717) is 5.02 Å². The number of rotatable bonds is 7. The zero-order valence-corrected chi connectivity index (χ0v) is 27.1. The van der Waals surface area contributed by atoms with Crippen LogP contribution in [0.1, 0.15) is 26.3 Å². The number of hydrogen-bond donors (Lipinski definition) is 0. The molecule has 0 amide bonds. The van der Waals surface area contributed by atoms with Crippen molar-refractivity contribution in [3.05, 3.63) is 175 Å². The molecule has 7 rings (SSSR count). The van der Waals surface area contributed by atoms with E-state index in [1.807, 2.05) is 18.2 Å². The smallest absolute Gasteiger partial charge is 0.0721 e. The summed E-state index contributed by atoms with van der Waals surface area (Å²) in [5.74, 6) is 0.